The molecule has 0 aliphatic carbocycles. The molecule has 1 N–H and O–H groups in total. The molecule has 0 aromatic rings. The number of hydrogen-bond donors (Lipinski definition) is 1. The van der Waals surface area contributed by atoms with Crippen molar-refractivity contribution in [3.05, 3.63) is 23.5 Å². The fourth-order valence-corrected chi connectivity index (χ4v) is 0.828. The van der Waals surface area contributed by atoms with Gasteiger partial charge < -0.3 is 5.11 Å². The largest absolute Gasteiger partial charge is 0.389 e. The summed E-state index contributed by atoms with van der Waals surface area (Å²) in [7, 11) is 2.48. The van der Waals surface area contributed by atoms with Crippen LogP contribution in [0.4, 0.5) is 0 Å². The second-order valence-electron chi connectivity index (χ2n) is 2.48. The Morgan fingerprint density at radius 3 is 2.60 bits per heavy atom. The first-order valence-electron chi connectivity index (χ1n) is 3.36. The second-order valence-corrected chi connectivity index (χ2v) is 2.86. The number of allylic oxidation sites excluding steroid dienone is 1. The highest BCUT2D eigenvalue weighted by Gasteiger charge is 1.93. The fraction of sp³-hybridized carbons (Fsp3) is 0.500. The monoisotopic (exact) mass is 158 g/mol. The third-order valence-corrected chi connectivity index (χ3v) is 1.31. The first-order chi connectivity index (χ1) is 4.66. The lowest BCUT2D eigenvalue weighted by atomic mass is 10.2. The standard InChI is InChI=1S/C8H15OP/c1-7(2)6-8(9)4-3-5-10/h3,5-6,8-9H,4,10H2,1-2H3/b5-3+. The summed E-state index contributed by atoms with van der Waals surface area (Å²) >= 11 is 0. The van der Waals surface area contributed by atoms with Crippen LogP contribution in [-0.4, -0.2) is 11.2 Å². The molecule has 0 bridgehead atoms. The summed E-state index contributed by atoms with van der Waals surface area (Å²) in [5, 5.41) is 9.21. The van der Waals surface area contributed by atoms with Crippen molar-refractivity contribution < 1.29 is 5.11 Å². The van der Waals surface area contributed by atoms with Crippen LogP contribution in [0.2, 0.25) is 0 Å². The minimum Gasteiger partial charge on any atom is -0.389 e. The van der Waals surface area contributed by atoms with Crippen molar-refractivity contribution in [2.24, 2.45) is 0 Å². The van der Waals surface area contributed by atoms with Crippen LogP contribution in [0, 0.1) is 0 Å². The average molecular weight is 158 g/mol. The van der Waals surface area contributed by atoms with E-state index < -0.39 is 0 Å². The van der Waals surface area contributed by atoms with Crippen molar-refractivity contribution in [1.29, 1.82) is 0 Å². The van der Waals surface area contributed by atoms with E-state index in [0.29, 0.717) is 6.42 Å². The maximum atomic E-state index is 9.21. The van der Waals surface area contributed by atoms with Crippen LogP contribution in [0.5, 0.6) is 0 Å². The van der Waals surface area contributed by atoms with Gasteiger partial charge in [-0.3, -0.25) is 0 Å². The Bertz CT molecular complexity index is 134. The summed E-state index contributed by atoms with van der Waals surface area (Å²) in [6.45, 7) is 3.96. The van der Waals surface area contributed by atoms with Gasteiger partial charge >= 0.3 is 0 Å². The molecule has 1 nitrogen and oxygen atoms in total. The van der Waals surface area contributed by atoms with Gasteiger partial charge in [0, 0.05) is 0 Å². The molecule has 0 fully saturated rings. The Kier molecular flexibility index (Phi) is 5.57. The molecule has 0 aliphatic rings. The van der Waals surface area contributed by atoms with Crippen LogP contribution in [0.15, 0.2) is 23.5 Å². The zero-order valence-electron chi connectivity index (χ0n) is 6.54. The molecule has 0 aromatic carbocycles. The minimum absolute atomic E-state index is 0.318. The molecule has 0 saturated heterocycles. The van der Waals surface area contributed by atoms with Crippen LogP contribution in [0.1, 0.15) is 20.3 Å². The predicted molar refractivity (Wildman–Crippen MR) is 48.9 cm³/mol. The molecule has 0 spiro atoms. The quantitative estimate of drug-likeness (QED) is 0.492. The van der Waals surface area contributed by atoms with Gasteiger partial charge in [-0.05, 0) is 20.3 Å². The van der Waals surface area contributed by atoms with E-state index in [1.165, 1.54) is 0 Å². The zero-order chi connectivity index (χ0) is 7.98. The Morgan fingerprint density at radius 1 is 1.60 bits per heavy atom. The summed E-state index contributed by atoms with van der Waals surface area (Å²) in [6.07, 6.45) is 4.16. The van der Waals surface area contributed by atoms with Gasteiger partial charge in [0.2, 0.25) is 0 Å². The van der Waals surface area contributed by atoms with Crippen molar-refractivity contribution in [3.8, 4) is 0 Å². The van der Waals surface area contributed by atoms with Crippen LogP contribution in [-0.2, 0) is 0 Å². The molecule has 0 heterocycles. The van der Waals surface area contributed by atoms with E-state index in [-0.39, 0.29) is 6.10 Å². The van der Waals surface area contributed by atoms with Gasteiger partial charge in [0.1, 0.15) is 0 Å². The van der Waals surface area contributed by atoms with Crippen LogP contribution in [0.25, 0.3) is 0 Å². The zero-order valence-corrected chi connectivity index (χ0v) is 7.70. The SMILES string of the molecule is CC(C)=CC(O)C/C=C/P. The van der Waals surface area contributed by atoms with E-state index in [1.807, 2.05) is 31.8 Å². The van der Waals surface area contributed by atoms with Gasteiger partial charge in [-0.25, -0.2) is 0 Å². The van der Waals surface area contributed by atoms with Crippen molar-refractivity contribution in [1.82, 2.24) is 0 Å². The number of hydrogen-bond acceptors (Lipinski definition) is 1. The van der Waals surface area contributed by atoms with Crippen LogP contribution >= 0.6 is 9.24 Å². The van der Waals surface area contributed by atoms with E-state index in [9.17, 15) is 5.11 Å². The molecule has 0 amide bonds. The van der Waals surface area contributed by atoms with Crippen molar-refractivity contribution in [2.75, 3.05) is 0 Å². The first kappa shape index (κ1) is 9.87. The third-order valence-electron chi connectivity index (χ3n) is 1.04. The van der Waals surface area contributed by atoms with E-state index >= 15 is 0 Å². The fourth-order valence-electron chi connectivity index (χ4n) is 0.671. The summed E-state index contributed by atoms with van der Waals surface area (Å²) in [5.74, 6) is 1.86. The Hall–Kier alpha value is -0.130. The molecule has 0 saturated carbocycles. The molecular weight excluding hydrogens is 143 g/mol. The van der Waals surface area contributed by atoms with Gasteiger partial charge in [-0.2, -0.15) is 0 Å². The number of aliphatic hydroxyl groups is 1. The molecule has 0 aromatic heterocycles. The molecule has 0 radical (unpaired) electrons. The molecular formula is C8H15OP. The third kappa shape index (κ3) is 6.00. The van der Waals surface area contributed by atoms with Gasteiger partial charge in [0.15, 0.2) is 0 Å². The lowest BCUT2D eigenvalue weighted by Gasteiger charge is -2.00. The highest BCUT2D eigenvalue weighted by molar-refractivity contribution is 7.20. The van der Waals surface area contributed by atoms with Gasteiger partial charge in [-0.15, -0.1) is 9.24 Å². The molecule has 10 heavy (non-hydrogen) atoms. The molecule has 2 unspecified atom stereocenters. The van der Waals surface area contributed by atoms with Crippen molar-refractivity contribution >= 4 is 9.24 Å². The summed E-state index contributed by atoms with van der Waals surface area (Å²) in [5.41, 5.74) is 1.16. The molecule has 2 heteroatoms. The molecule has 58 valence electrons. The van der Waals surface area contributed by atoms with Crippen molar-refractivity contribution in [3.63, 3.8) is 0 Å². The summed E-state index contributed by atoms with van der Waals surface area (Å²) < 4.78 is 0. The van der Waals surface area contributed by atoms with Crippen molar-refractivity contribution in [2.45, 2.75) is 26.4 Å². The Morgan fingerprint density at radius 2 is 2.20 bits per heavy atom. The molecule has 0 rings (SSSR count). The van der Waals surface area contributed by atoms with Gasteiger partial charge in [0.25, 0.3) is 0 Å². The predicted octanol–water partition coefficient (Wildman–Crippen LogP) is 2.09. The lowest BCUT2D eigenvalue weighted by molar-refractivity contribution is 0.226. The maximum Gasteiger partial charge on any atom is 0.0757 e. The number of rotatable bonds is 3. The average Bonchev–Trinajstić information content (AvgIpc) is 1.82. The number of aliphatic hydroxyl groups excluding tert-OH is 1. The normalized spacial score (nSPS) is 13.6. The summed E-state index contributed by atoms with van der Waals surface area (Å²) in [4.78, 5) is 0. The highest BCUT2D eigenvalue weighted by atomic mass is 31.0. The molecule has 2 atom stereocenters. The maximum absolute atomic E-state index is 9.21. The second kappa shape index (κ2) is 5.64. The van der Waals surface area contributed by atoms with E-state index in [0.717, 1.165) is 5.57 Å². The van der Waals surface area contributed by atoms with Crippen LogP contribution < -0.4 is 0 Å². The van der Waals surface area contributed by atoms with E-state index in [2.05, 4.69) is 9.24 Å². The highest BCUT2D eigenvalue weighted by Crippen LogP contribution is 2.00. The smallest absolute Gasteiger partial charge is 0.0757 e. The van der Waals surface area contributed by atoms with Crippen LogP contribution in [0.3, 0.4) is 0 Å². The van der Waals surface area contributed by atoms with E-state index in [4.69, 9.17) is 0 Å². The lowest BCUT2D eigenvalue weighted by Crippen LogP contribution is -1.99. The topological polar surface area (TPSA) is 20.2 Å². The Balaban J connectivity index is 3.63. The minimum atomic E-state index is -0.318. The summed E-state index contributed by atoms with van der Waals surface area (Å²) in [6, 6.07) is 0. The molecule has 0 aliphatic heterocycles. The van der Waals surface area contributed by atoms with Gasteiger partial charge in [-0.1, -0.05) is 23.5 Å². The Labute approximate surface area is 65.0 Å². The first-order valence-corrected chi connectivity index (χ1v) is 4.03. The van der Waals surface area contributed by atoms with Gasteiger partial charge in [0.05, 0.1) is 6.10 Å². The van der Waals surface area contributed by atoms with E-state index in [1.54, 1.807) is 0 Å².